The fourth-order valence-corrected chi connectivity index (χ4v) is 1.08. The number of nitroso groups, excluding NO2 is 1. The van der Waals surface area contributed by atoms with E-state index >= 15 is 0 Å². The lowest BCUT2D eigenvalue weighted by atomic mass is 10.3. The first-order valence-electron chi connectivity index (χ1n) is 3.19. The quantitative estimate of drug-likeness (QED) is 0.501. The van der Waals surface area contributed by atoms with Crippen molar-refractivity contribution < 1.29 is 9.66 Å². The van der Waals surface area contributed by atoms with Gasteiger partial charge in [0, 0.05) is 12.3 Å². The Morgan fingerprint density at radius 3 is 3.09 bits per heavy atom. The van der Waals surface area contributed by atoms with Gasteiger partial charge in [-0.25, -0.2) is 9.69 Å². The molecule has 1 saturated heterocycles. The molecule has 0 saturated carbocycles. The molecule has 0 aromatic carbocycles. The maximum absolute atomic E-state index is 10.9. The first kappa shape index (κ1) is 6.09. The van der Waals surface area contributed by atoms with E-state index in [9.17, 15) is 9.70 Å². The first-order chi connectivity index (χ1) is 5.29. The van der Waals surface area contributed by atoms with E-state index in [0.29, 0.717) is 4.87 Å². The van der Waals surface area contributed by atoms with Crippen LogP contribution in [-0.2, 0) is 0 Å². The summed E-state index contributed by atoms with van der Waals surface area (Å²) in [5.74, 6) is 0. The Labute approximate surface area is 62.5 Å². The van der Waals surface area contributed by atoms with Crippen LogP contribution in [0.3, 0.4) is 0 Å². The molecule has 2 amide bonds. The van der Waals surface area contributed by atoms with Crippen molar-refractivity contribution in [2.75, 3.05) is 0 Å². The molecule has 0 aromatic rings. The van der Waals surface area contributed by atoms with E-state index in [1.165, 1.54) is 4.90 Å². The van der Waals surface area contributed by atoms with E-state index in [1.54, 1.807) is 24.4 Å². The molecule has 2 heterocycles. The molecule has 0 radical (unpaired) electrons. The third-order valence-electron chi connectivity index (χ3n) is 1.61. The molecular formula is C6H6N3O2+. The lowest BCUT2D eigenvalue weighted by molar-refractivity contribution is -0.611. The Hall–Kier alpha value is -1.65. The van der Waals surface area contributed by atoms with E-state index in [4.69, 9.17) is 0 Å². The molecule has 11 heavy (non-hydrogen) atoms. The number of carbonyl (C=O) groups excluding carboxylic acids is 1. The number of hydrogen-bond acceptors (Lipinski definition) is 2. The summed E-state index contributed by atoms with van der Waals surface area (Å²) in [6.07, 6.45) is 6.14. The van der Waals surface area contributed by atoms with Gasteiger partial charge in [-0.2, -0.15) is 0 Å². The zero-order chi connectivity index (χ0) is 7.84. The monoisotopic (exact) mass is 152 g/mol. The van der Waals surface area contributed by atoms with Crippen molar-refractivity contribution >= 4 is 6.03 Å². The van der Waals surface area contributed by atoms with Crippen molar-refractivity contribution in [1.82, 2.24) is 10.3 Å². The molecular weight excluding hydrogens is 146 g/mol. The van der Waals surface area contributed by atoms with Crippen LogP contribution in [-0.4, -0.2) is 22.0 Å². The van der Waals surface area contributed by atoms with Crippen molar-refractivity contribution in [3.05, 3.63) is 29.3 Å². The summed E-state index contributed by atoms with van der Waals surface area (Å²) < 4.78 is 0. The Bertz CT molecular complexity index is 254. The van der Waals surface area contributed by atoms with Crippen molar-refractivity contribution in [3.63, 3.8) is 0 Å². The van der Waals surface area contributed by atoms with Crippen LogP contribution in [0, 0.1) is 4.91 Å². The highest BCUT2D eigenvalue weighted by Gasteiger charge is 2.43. The Morgan fingerprint density at radius 1 is 1.55 bits per heavy atom. The summed E-state index contributed by atoms with van der Waals surface area (Å²) in [5.41, 5.74) is 2.12. The van der Waals surface area contributed by atoms with Crippen LogP contribution in [0.15, 0.2) is 24.4 Å². The Balaban J connectivity index is 2.37. The predicted molar refractivity (Wildman–Crippen MR) is 36.1 cm³/mol. The number of nitrogens with zero attached hydrogens (tertiary/aromatic N) is 2. The molecule has 5 heteroatoms. The van der Waals surface area contributed by atoms with Gasteiger partial charge in [0.25, 0.3) is 0 Å². The first-order valence-corrected chi connectivity index (χ1v) is 3.19. The number of amides is 2. The normalized spacial score (nSPS) is 27.3. The summed E-state index contributed by atoms with van der Waals surface area (Å²) in [4.78, 5) is 23.6. The molecule has 1 N–H and O–H groups in total. The smallest absolute Gasteiger partial charge is 0.242 e. The minimum absolute atomic E-state index is 0.384. The molecule has 2 aliphatic rings. The number of rotatable bonds is 0. The number of fused-ring (bicyclic) bond motifs is 1. The highest BCUT2D eigenvalue weighted by molar-refractivity contribution is 5.76. The maximum atomic E-state index is 10.9. The lowest BCUT2D eigenvalue weighted by Crippen LogP contribution is -2.30. The fourth-order valence-electron chi connectivity index (χ4n) is 1.08. The fraction of sp³-hybridized carbons (Fsp3) is 0.167. The van der Waals surface area contributed by atoms with Gasteiger partial charge in [-0.1, -0.05) is 11.5 Å². The van der Waals surface area contributed by atoms with Crippen LogP contribution in [0.2, 0.25) is 0 Å². The van der Waals surface area contributed by atoms with Crippen LogP contribution in [0.4, 0.5) is 4.79 Å². The summed E-state index contributed by atoms with van der Waals surface area (Å²) in [7, 11) is 0. The van der Waals surface area contributed by atoms with Crippen molar-refractivity contribution in [3.8, 4) is 0 Å². The molecule has 5 nitrogen and oxygen atoms in total. The minimum atomic E-state index is -0.507. The summed E-state index contributed by atoms with van der Waals surface area (Å²) in [5, 5.41) is 0. The van der Waals surface area contributed by atoms with Gasteiger partial charge in [0.2, 0.25) is 0 Å². The van der Waals surface area contributed by atoms with Crippen LogP contribution < -0.4 is 5.43 Å². The molecule has 0 bridgehead atoms. The lowest BCUT2D eigenvalue weighted by Gasteiger charge is -2.08. The molecule has 0 aromatic heterocycles. The van der Waals surface area contributed by atoms with E-state index < -0.39 is 6.17 Å². The number of carbonyl (C=O) groups is 1. The standard InChI is InChI=1S/C6H5N3O2/c10-6-7-9(11)5-3-1-2-4-8(5)6/h1-5H/p+1. The van der Waals surface area contributed by atoms with Gasteiger partial charge in [0.15, 0.2) is 4.87 Å². The number of nitrogens with one attached hydrogen (secondary N) is 1. The Kier molecular flexibility index (Phi) is 1.06. The second kappa shape index (κ2) is 1.91. The summed E-state index contributed by atoms with van der Waals surface area (Å²) in [6, 6.07) is -0.384. The number of allylic oxidation sites excluding steroid dienone is 2. The molecule has 0 spiro atoms. The third-order valence-corrected chi connectivity index (χ3v) is 1.61. The topological polar surface area (TPSA) is 52.4 Å². The largest absolute Gasteiger partial charge is 0.383 e. The molecule has 1 unspecified atom stereocenters. The average Bonchev–Trinajstić information content (AvgIpc) is 2.30. The average molecular weight is 152 g/mol. The Morgan fingerprint density at radius 2 is 2.36 bits per heavy atom. The predicted octanol–water partition coefficient (Wildman–Crippen LogP) is 0.115. The molecule has 1 atom stereocenters. The zero-order valence-corrected chi connectivity index (χ0v) is 5.60. The molecule has 2 aliphatic heterocycles. The van der Waals surface area contributed by atoms with Crippen LogP contribution in [0.1, 0.15) is 0 Å². The van der Waals surface area contributed by atoms with Crippen molar-refractivity contribution in [2.24, 2.45) is 0 Å². The van der Waals surface area contributed by atoms with E-state index in [0.717, 1.165) is 0 Å². The van der Waals surface area contributed by atoms with Gasteiger partial charge in [-0.15, -0.1) is 0 Å². The van der Waals surface area contributed by atoms with Gasteiger partial charge in [0.05, 0.1) is 4.91 Å². The van der Waals surface area contributed by atoms with E-state index in [2.05, 4.69) is 5.43 Å². The van der Waals surface area contributed by atoms with Gasteiger partial charge < -0.3 is 0 Å². The number of hydrazine groups is 1. The molecule has 1 fully saturated rings. The number of hydrogen-bond donors (Lipinski definition) is 1. The second-order valence-electron chi connectivity index (χ2n) is 2.29. The van der Waals surface area contributed by atoms with Crippen LogP contribution in [0.5, 0.6) is 0 Å². The van der Waals surface area contributed by atoms with Gasteiger partial charge in [-0.3, -0.25) is 0 Å². The van der Waals surface area contributed by atoms with E-state index in [-0.39, 0.29) is 6.03 Å². The zero-order valence-electron chi connectivity index (χ0n) is 5.60. The highest BCUT2D eigenvalue weighted by Crippen LogP contribution is 2.13. The number of urea groups is 1. The van der Waals surface area contributed by atoms with Crippen LogP contribution >= 0.6 is 0 Å². The maximum Gasteiger partial charge on any atom is 0.383 e. The summed E-state index contributed by atoms with van der Waals surface area (Å²) in [6.45, 7) is 0. The highest BCUT2D eigenvalue weighted by atomic mass is 16.3. The van der Waals surface area contributed by atoms with Crippen molar-refractivity contribution in [2.45, 2.75) is 6.17 Å². The summed E-state index contributed by atoms with van der Waals surface area (Å²) >= 11 is 0. The second-order valence-corrected chi connectivity index (χ2v) is 2.29. The van der Waals surface area contributed by atoms with Crippen molar-refractivity contribution in [1.29, 1.82) is 0 Å². The molecule has 0 aliphatic carbocycles. The minimum Gasteiger partial charge on any atom is -0.242 e. The van der Waals surface area contributed by atoms with Crippen LogP contribution in [0.25, 0.3) is 0 Å². The van der Waals surface area contributed by atoms with Gasteiger partial charge in [0.1, 0.15) is 0 Å². The SMILES string of the molecule is O=C1N[N+](=O)C2C=CC=CN12. The molecule has 2 rings (SSSR count). The van der Waals surface area contributed by atoms with Gasteiger partial charge in [-0.05, 0) is 6.08 Å². The molecule has 56 valence electrons. The van der Waals surface area contributed by atoms with E-state index in [1.807, 2.05) is 0 Å². The third kappa shape index (κ3) is 0.739. The van der Waals surface area contributed by atoms with Gasteiger partial charge >= 0.3 is 12.2 Å².